The molecule has 1 aromatic heterocycles. The van der Waals surface area contributed by atoms with E-state index in [9.17, 15) is 9.18 Å². The Hall–Kier alpha value is -2.21. The first-order valence-corrected chi connectivity index (χ1v) is 10.1. The summed E-state index contributed by atoms with van der Waals surface area (Å²) < 4.78 is 18.5. The predicted octanol–water partition coefficient (Wildman–Crippen LogP) is 4.31. The molecule has 152 valence electrons. The third-order valence-corrected chi connectivity index (χ3v) is 5.42. The van der Waals surface area contributed by atoms with Gasteiger partial charge in [0, 0.05) is 44.2 Å². The number of aromatic nitrogens is 1. The van der Waals surface area contributed by atoms with Gasteiger partial charge in [0.25, 0.3) is 5.91 Å². The number of benzene rings is 1. The Bertz CT molecular complexity index is 785. The second kappa shape index (κ2) is 8.86. The van der Waals surface area contributed by atoms with Crippen molar-refractivity contribution in [3.8, 4) is 0 Å². The molecule has 6 heteroatoms. The Kier molecular flexibility index (Phi) is 6.50. The highest BCUT2D eigenvalue weighted by atomic mass is 19.1. The second-order valence-electron chi connectivity index (χ2n) is 8.28. The standard InChI is InChI=1S/C22H30FN3O2/c1-15(2)20-14-26(22(27)19-12-21(16(3)4)28-24-19)11-5-10-25(20)13-17-6-8-18(23)9-7-17/h6-9,12,15-16,20H,5,10-11,13-14H2,1-4H3/t20-/m1/s1. The van der Waals surface area contributed by atoms with Crippen LogP contribution in [0.2, 0.25) is 0 Å². The van der Waals surface area contributed by atoms with E-state index >= 15 is 0 Å². The van der Waals surface area contributed by atoms with E-state index in [0.29, 0.717) is 24.7 Å². The fourth-order valence-electron chi connectivity index (χ4n) is 3.72. The number of hydrogen-bond donors (Lipinski definition) is 0. The number of carbonyl (C=O) groups excluding carboxylic acids is 1. The van der Waals surface area contributed by atoms with Gasteiger partial charge in [-0.25, -0.2) is 4.39 Å². The lowest BCUT2D eigenvalue weighted by Gasteiger charge is -2.34. The van der Waals surface area contributed by atoms with Crippen molar-refractivity contribution in [3.05, 3.63) is 53.2 Å². The van der Waals surface area contributed by atoms with Crippen molar-refractivity contribution in [1.29, 1.82) is 0 Å². The van der Waals surface area contributed by atoms with Crippen molar-refractivity contribution < 1.29 is 13.7 Å². The molecule has 1 aromatic carbocycles. The molecule has 5 nitrogen and oxygen atoms in total. The molecule has 1 fully saturated rings. The van der Waals surface area contributed by atoms with Gasteiger partial charge in [0.2, 0.25) is 0 Å². The molecule has 0 radical (unpaired) electrons. The van der Waals surface area contributed by atoms with Gasteiger partial charge in [0.1, 0.15) is 11.6 Å². The molecule has 3 rings (SSSR count). The van der Waals surface area contributed by atoms with Gasteiger partial charge >= 0.3 is 0 Å². The van der Waals surface area contributed by atoms with Crippen molar-refractivity contribution in [2.75, 3.05) is 19.6 Å². The average molecular weight is 387 g/mol. The first-order valence-electron chi connectivity index (χ1n) is 10.1. The topological polar surface area (TPSA) is 49.6 Å². The zero-order chi connectivity index (χ0) is 20.3. The van der Waals surface area contributed by atoms with Crippen LogP contribution in [0.25, 0.3) is 0 Å². The molecule has 2 heterocycles. The van der Waals surface area contributed by atoms with Gasteiger partial charge in [-0.15, -0.1) is 0 Å². The summed E-state index contributed by atoms with van der Waals surface area (Å²) in [7, 11) is 0. The SMILES string of the molecule is CC(C)c1cc(C(=O)N2CCCN(Cc3ccc(F)cc3)[C@@H](C(C)C)C2)no1. The maximum Gasteiger partial charge on any atom is 0.276 e. The lowest BCUT2D eigenvalue weighted by atomic mass is 10.0. The minimum Gasteiger partial charge on any atom is -0.360 e. The molecule has 1 atom stereocenters. The van der Waals surface area contributed by atoms with E-state index in [1.54, 1.807) is 6.07 Å². The minimum absolute atomic E-state index is 0.0649. The van der Waals surface area contributed by atoms with Crippen LogP contribution in [0.4, 0.5) is 4.39 Å². The molecule has 0 bridgehead atoms. The Morgan fingerprint density at radius 2 is 1.93 bits per heavy atom. The lowest BCUT2D eigenvalue weighted by Crippen LogP contribution is -2.45. The average Bonchev–Trinajstić information content (AvgIpc) is 3.06. The summed E-state index contributed by atoms with van der Waals surface area (Å²) in [5.41, 5.74) is 1.48. The minimum atomic E-state index is -0.217. The second-order valence-corrected chi connectivity index (χ2v) is 8.28. The van der Waals surface area contributed by atoms with E-state index < -0.39 is 0 Å². The van der Waals surface area contributed by atoms with Crippen LogP contribution >= 0.6 is 0 Å². The summed E-state index contributed by atoms with van der Waals surface area (Å²) in [6.07, 6.45) is 0.894. The Labute approximate surface area is 166 Å². The Balaban J connectivity index is 1.74. The molecule has 0 saturated carbocycles. The van der Waals surface area contributed by atoms with E-state index in [1.165, 1.54) is 12.1 Å². The van der Waals surface area contributed by atoms with E-state index in [1.807, 2.05) is 30.9 Å². The maximum absolute atomic E-state index is 13.2. The zero-order valence-corrected chi connectivity index (χ0v) is 17.2. The molecule has 0 aliphatic carbocycles. The summed E-state index contributed by atoms with van der Waals surface area (Å²) in [6.45, 7) is 11.4. The van der Waals surface area contributed by atoms with Crippen molar-refractivity contribution in [2.45, 2.75) is 52.6 Å². The molecule has 1 aliphatic rings. The highest BCUT2D eigenvalue weighted by Gasteiger charge is 2.31. The largest absolute Gasteiger partial charge is 0.360 e. The van der Waals surface area contributed by atoms with Gasteiger partial charge in [-0.3, -0.25) is 9.69 Å². The smallest absolute Gasteiger partial charge is 0.276 e. The fourth-order valence-corrected chi connectivity index (χ4v) is 3.72. The van der Waals surface area contributed by atoms with Crippen LogP contribution in [0.5, 0.6) is 0 Å². The molecule has 0 spiro atoms. The number of amides is 1. The molecule has 1 saturated heterocycles. The van der Waals surface area contributed by atoms with Gasteiger partial charge in [0.05, 0.1) is 0 Å². The lowest BCUT2D eigenvalue weighted by molar-refractivity contribution is 0.0692. The zero-order valence-electron chi connectivity index (χ0n) is 17.2. The van der Waals surface area contributed by atoms with Gasteiger partial charge in [-0.2, -0.15) is 0 Å². The molecule has 0 N–H and O–H groups in total. The summed E-state index contributed by atoms with van der Waals surface area (Å²) in [5.74, 6) is 1.04. The quantitative estimate of drug-likeness (QED) is 0.767. The number of carbonyl (C=O) groups is 1. The van der Waals surface area contributed by atoms with Crippen LogP contribution < -0.4 is 0 Å². The first-order chi connectivity index (χ1) is 13.3. The highest BCUT2D eigenvalue weighted by Crippen LogP contribution is 2.22. The van der Waals surface area contributed by atoms with Crippen LogP contribution in [0.3, 0.4) is 0 Å². The highest BCUT2D eigenvalue weighted by molar-refractivity contribution is 5.92. The van der Waals surface area contributed by atoms with Crippen molar-refractivity contribution >= 4 is 5.91 Å². The third kappa shape index (κ3) is 4.79. The molecule has 0 unspecified atom stereocenters. The summed E-state index contributed by atoms with van der Waals surface area (Å²) >= 11 is 0. The van der Waals surface area contributed by atoms with E-state index in [-0.39, 0.29) is 23.7 Å². The van der Waals surface area contributed by atoms with Gasteiger partial charge in [0.15, 0.2) is 5.69 Å². The monoisotopic (exact) mass is 387 g/mol. The molecule has 28 heavy (non-hydrogen) atoms. The van der Waals surface area contributed by atoms with Crippen LogP contribution in [-0.4, -0.2) is 46.5 Å². The normalized spacial score (nSPS) is 18.7. The number of hydrogen-bond acceptors (Lipinski definition) is 4. The number of halogens is 1. The van der Waals surface area contributed by atoms with E-state index in [0.717, 1.165) is 30.8 Å². The molecular formula is C22H30FN3O2. The number of rotatable bonds is 5. The third-order valence-electron chi connectivity index (χ3n) is 5.42. The predicted molar refractivity (Wildman–Crippen MR) is 107 cm³/mol. The molecule has 2 aromatic rings. The van der Waals surface area contributed by atoms with Gasteiger partial charge in [-0.1, -0.05) is 45.0 Å². The van der Waals surface area contributed by atoms with E-state index in [2.05, 4.69) is 23.9 Å². The van der Waals surface area contributed by atoms with Crippen molar-refractivity contribution in [1.82, 2.24) is 15.0 Å². The Morgan fingerprint density at radius 3 is 2.54 bits per heavy atom. The maximum atomic E-state index is 13.2. The molecular weight excluding hydrogens is 357 g/mol. The van der Waals surface area contributed by atoms with Crippen LogP contribution in [0.1, 0.15) is 61.8 Å². The number of nitrogens with zero attached hydrogens (tertiary/aromatic N) is 3. The fraction of sp³-hybridized carbons (Fsp3) is 0.545. The van der Waals surface area contributed by atoms with Gasteiger partial charge in [-0.05, 0) is 30.0 Å². The van der Waals surface area contributed by atoms with Crippen LogP contribution in [0.15, 0.2) is 34.9 Å². The summed E-state index contributed by atoms with van der Waals surface area (Å²) in [5, 5.41) is 3.99. The molecule has 1 aliphatic heterocycles. The van der Waals surface area contributed by atoms with Crippen molar-refractivity contribution in [3.63, 3.8) is 0 Å². The first kappa shape index (κ1) is 20.5. The van der Waals surface area contributed by atoms with Crippen LogP contribution in [-0.2, 0) is 6.54 Å². The molecule has 1 amide bonds. The summed E-state index contributed by atoms with van der Waals surface area (Å²) in [6, 6.07) is 8.67. The van der Waals surface area contributed by atoms with Crippen molar-refractivity contribution in [2.24, 2.45) is 5.92 Å². The van der Waals surface area contributed by atoms with E-state index in [4.69, 9.17) is 4.52 Å². The van der Waals surface area contributed by atoms with Crippen LogP contribution in [0, 0.1) is 11.7 Å². The van der Waals surface area contributed by atoms with Gasteiger partial charge < -0.3 is 9.42 Å². The summed E-state index contributed by atoms with van der Waals surface area (Å²) in [4.78, 5) is 17.3. The Morgan fingerprint density at radius 1 is 1.21 bits per heavy atom.